The van der Waals surface area contributed by atoms with Gasteiger partial charge in [-0.3, -0.25) is 19.9 Å². The maximum absolute atomic E-state index is 12.0. The van der Waals surface area contributed by atoms with E-state index in [1.165, 1.54) is 43.7 Å². The summed E-state index contributed by atoms with van der Waals surface area (Å²) in [6, 6.07) is 7.48. The molecule has 0 spiro atoms. The summed E-state index contributed by atoms with van der Waals surface area (Å²) in [6.45, 7) is 0. The highest BCUT2D eigenvalue weighted by Gasteiger charge is 2.19. The zero-order valence-corrected chi connectivity index (χ0v) is 14.8. The number of methoxy groups -OCH3 is 1. The molecular weight excluding hydrogens is 386 g/mol. The highest BCUT2D eigenvalue weighted by molar-refractivity contribution is 5.88. The van der Waals surface area contributed by atoms with Gasteiger partial charge in [-0.15, -0.1) is 0 Å². The lowest BCUT2D eigenvalue weighted by Gasteiger charge is -2.09. The smallest absolute Gasteiger partial charge is 0.379 e. The number of hydrogen-bond acceptors (Lipinski definition) is 8. The summed E-state index contributed by atoms with van der Waals surface area (Å²) in [5.41, 5.74) is -2.56. The molecule has 2 heterocycles. The number of rotatable bonds is 6. The third kappa shape index (κ3) is 4.30. The van der Waals surface area contributed by atoms with Crippen LogP contribution in [0.2, 0.25) is 0 Å². The largest absolute Gasteiger partial charge is 0.493 e. The molecule has 11 heteroatoms. The molecule has 0 saturated heterocycles. The summed E-state index contributed by atoms with van der Waals surface area (Å²) in [7, 11) is 1.37. The van der Waals surface area contributed by atoms with Gasteiger partial charge in [-0.1, -0.05) is 12.1 Å². The highest BCUT2D eigenvalue weighted by atomic mass is 16.6. The summed E-state index contributed by atoms with van der Waals surface area (Å²) in [5.74, 6) is -0.363. The predicted molar refractivity (Wildman–Crippen MR) is 99.9 cm³/mol. The Morgan fingerprint density at radius 1 is 1.17 bits per heavy atom. The van der Waals surface area contributed by atoms with Crippen molar-refractivity contribution >= 4 is 23.8 Å². The van der Waals surface area contributed by atoms with Gasteiger partial charge in [-0.05, 0) is 35.9 Å². The molecule has 0 atom stereocenters. The summed E-state index contributed by atoms with van der Waals surface area (Å²) in [5, 5.41) is 11.1. The van der Waals surface area contributed by atoms with E-state index in [4.69, 9.17) is 13.9 Å². The molecule has 3 rings (SSSR count). The van der Waals surface area contributed by atoms with Crippen molar-refractivity contribution in [2.24, 2.45) is 0 Å². The van der Waals surface area contributed by atoms with Crippen LogP contribution in [-0.4, -0.2) is 28.0 Å². The standard InChI is InChI=1S/C18H13N3O8/c1-27-14-9-10(5-7-12(14)29-17(23)13-3-2-8-28-13)4-6-11-15(21(25)26)16(22)20-18(24)19-11/h2-9H,1H3,(H2,19,20,22,24). The van der Waals surface area contributed by atoms with Gasteiger partial charge in [0.25, 0.3) is 0 Å². The van der Waals surface area contributed by atoms with E-state index in [0.29, 0.717) is 5.56 Å². The summed E-state index contributed by atoms with van der Waals surface area (Å²) in [6.07, 6.45) is 3.95. The molecule has 0 saturated carbocycles. The van der Waals surface area contributed by atoms with E-state index in [9.17, 15) is 24.5 Å². The molecule has 0 aliphatic rings. The van der Waals surface area contributed by atoms with Gasteiger partial charge < -0.3 is 18.9 Å². The zero-order chi connectivity index (χ0) is 21.0. The number of nitro groups is 1. The van der Waals surface area contributed by atoms with E-state index in [-0.39, 0.29) is 23.0 Å². The summed E-state index contributed by atoms with van der Waals surface area (Å²) >= 11 is 0. The minimum absolute atomic E-state index is 0.0154. The maximum Gasteiger partial charge on any atom is 0.379 e. The molecule has 29 heavy (non-hydrogen) atoms. The predicted octanol–water partition coefficient (Wildman–Crippen LogP) is 1.96. The van der Waals surface area contributed by atoms with Gasteiger partial charge in [0.15, 0.2) is 11.5 Å². The average Bonchev–Trinajstić information content (AvgIpc) is 3.21. The zero-order valence-electron chi connectivity index (χ0n) is 14.8. The van der Waals surface area contributed by atoms with Crippen LogP contribution in [0.15, 0.2) is 50.6 Å². The molecular formula is C18H13N3O8. The summed E-state index contributed by atoms with van der Waals surface area (Å²) < 4.78 is 15.4. The molecule has 3 aromatic rings. The topological polar surface area (TPSA) is 158 Å². The number of aromatic amines is 2. The van der Waals surface area contributed by atoms with Crippen molar-refractivity contribution in [1.82, 2.24) is 9.97 Å². The monoisotopic (exact) mass is 399 g/mol. The lowest BCUT2D eigenvalue weighted by molar-refractivity contribution is -0.386. The molecule has 1 aromatic carbocycles. The van der Waals surface area contributed by atoms with Crippen molar-refractivity contribution in [1.29, 1.82) is 0 Å². The quantitative estimate of drug-likeness (QED) is 0.275. The Labute approximate surface area is 161 Å². The van der Waals surface area contributed by atoms with Crippen LogP contribution in [-0.2, 0) is 0 Å². The Morgan fingerprint density at radius 3 is 2.62 bits per heavy atom. The van der Waals surface area contributed by atoms with Gasteiger partial charge in [-0.25, -0.2) is 9.59 Å². The first-order chi connectivity index (χ1) is 13.9. The normalized spacial score (nSPS) is 10.8. The van der Waals surface area contributed by atoms with Crippen LogP contribution in [0.3, 0.4) is 0 Å². The van der Waals surface area contributed by atoms with Crippen LogP contribution >= 0.6 is 0 Å². The number of H-pyrrole nitrogens is 2. The Morgan fingerprint density at radius 2 is 1.97 bits per heavy atom. The van der Waals surface area contributed by atoms with Crippen molar-refractivity contribution in [2.75, 3.05) is 7.11 Å². The molecule has 148 valence electrons. The number of carbonyl (C=O) groups is 1. The highest BCUT2D eigenvalue weighted by Crippen LogP contribution is 2.29. The first-order valence-electron chi connectivity index (χ1n) is 8.02. The minimum Gasteiger partial charge on any atom is -0.493 e. The molecule has 0 fully saturated rings. The Balaban J connectivity index is 1.90. The van der Waals surface area contributed by atoms with Crippen LogP contribution in [0.5, 0.6) is 11.5 Å². The van der Waals surface area contributed by atoms with Gasteiger partial charge >= 0.3 is 22.9 Å². The molecule has 0 aliphatic carbocycles. The van der Waals surface area contributed by atoms with Crippen LogP contribution < -0.4 is 20.7 Å². The van der Waals surface area contributed by atoms with Crippen LogP contribution in [0.1, 0.15) is 21.8 Å². The van der Waals surface area contributed by atoms with Crippen molar-refractivity contribution in [3.63, 3.8) is 0 Å². The van der Waals surface area contributed by atoms with Crippen LogP contribution in [0, 0.1) is 10.1 Å². The molecule has 0 unspecified atom stereocenters. The minimum atomic E-state index is -1.11. The molecule has 2 N–H and O–H groups in total. The fourth-order valence-corrected chi connectivity index (χ4v) is 2.40. The first kappa shape index (κ1) is 19.4. The summed E-state index contributed by atoms with van der Waals surface area (Å²) in [4.78, 5) is 49.2. The lowest BCUT2D eigenvalue weighted by atomic mass is 10.1. The molecule has 11 nitrogen and oxygen atoms in total. The average molecular weight is 399 g/mol. The second kappa shape index (κ2) is 8.08. The van der Waals surface area contributed by atoms with E-state index < -0.39 is 27.8 Å². The number of carbonyl (C=O) groups excluding carboxylic acids is 1. The van der Waals surface area contributed by atoms with Gasteiger partial charge in [0.1, 0.15) is 5.69 Å². The number of furan rings is 1. The van der Waals surface area contributed by atoms with Gasteiger partial charge in [-0.2, -0.15) is 0 Å². The van der Waals surface area contributed by atoms with E-state index in [2.05, 4.69) is 4.98 Å². The van der Waals surface area contributed by atoms with Crippen molar-refractivity contribution in [3.8, 4) is 11.5 Å². The number of esters is 1. The number of nitrogens with one attached hydrogen (secondary N) is 2. The second-order valence-electron chi connectivity index (χ2n) is 5.54. The van der Waals surface area contributed by atoms with Crippen LogP contribution in [0.4, 0.5) is 5.69 Å². The SMILES string of the molecule is COc1cc(C=Cc2[nH]c(=O)[nH]c(=O)c2[N+](=O)[O-])ccc1OC(=O)c1ccco1. The van der Waals surface area contributed by atoms with Crippen molar-refractivity contribution in [3.05, 3.63) is 84.6 Å². The van der Waals surface area contributed by atoms with Gasteiger partial charge in [0, 0.05) is 0 Å². The molecule has 0 bridgehead atoms. The van der Waals surface area contributed by atoms with Gasteiger partial charge in [0.05, 0.1) is 18.3 Å². The number of benzene rings is 1. The molecule has 0 radical (unpaired) electrons. The first-order valence-corrected chi connectivity index (χ1v) is 8.02. The fraction of sp³-hybridized carbons (Fsp3) is 0.0556. The maximum atomic E-state index is 12.0. The fourth-order valence-electron chi connectivity index (χ4n) is 2.40. The number of ether oxygens (including phenoxy) is 2. The van der Waals surface area contributed by atoms with E-state index in [0.717, 1.165) is 0 Å². The second-order valence-corrected chi connectivity index (χ2v) is 5.54. The van der Waals surface area contributed by atoms with E-state index in [1.807, 2.05) is 0 Å². The molecule has 2 aromatic heterocycles. The third-order valence-electron chi connectivity index (χ3n) is 3.68. The molecule has 0 aliphatic heterocycles. The third-order valence-corrected chi connectivity index (χ3v) is 3.68. The van der Waals surface area contributed by atoms with Crippen molar-refractivity contribution < 1.29 is 23.6 Å². The van der Waals surface area contributed by atoms with E-state index >= 15 is 0 Å². The number of aromatic nitrogens is 2. The van der Waals surface area contributed by atoms with Crippen LogP contribution in [0.25, 0.3) is 12.2 Å². The van der Waals surface area contributed by atoms with Gasteiger partial charge in [0.2, 0.25) is 5.76 Å². The van der Waals surface area contributed by atoms with E-state index in [1.54, 1.807) is 17.1 Å². The molecule has 0 amide bonds. The Bertz CT molecular complexity index is 1200. The Hall–Kier alpha value is -4.41. The van der Waals surface area contributed by atoms with Crippen molar-refractivity contribution in [2.45, 2.75) is 0 Å². The number of hydrogen-bond donors (Lipinski definition) is 2. The number of nitrogens with zero attached hydrogens (tertiary/aromatic N) is 1. The Kier molecular flexibility index (Phi) is 5.39. The lowest BCUT2D eigenvalue weighted by Crippen LogP contribution is -2.25.